The predicted molar refractivity (Wildman–Crippen MR) is 89.7 cm³/mol. The van der Waals surface area contributed by atoms with Crippen molar-refractivity contribution in [2.24, 2.45) is 7.05 Å². The number of aromatic nitrogens is 2. The maximum atomic E-state index is 12.3. The van der Waals surface area contributed by atoms with Crippen LogP contribution in [0.4, 0.5) is 0 Å². The molecule has 0 fully saturated rings. The lowest BCUT2D eigenvalue weighted by atomic mass is 10.1. The monoisotopic (exact) mass is 330 g/mol. The fourth-order valence-electron chi connectivity index (χ4n) is 2.06. The number of aryl methyl sites for hydroxylation is 1. The molecule has 0 aliphatic heterocycles. The molecule has 7 nitrogen and oxygen atoms in total. The molecule has 0 aliphatic carbocycles. The van der Waals surface area contributed by atoms with Gasteiger partial charge in [0.25, 0.3) is 11.8 Å². The van der Waals surface area contributed by atoms with Crippen LogP contribution in [0.15, 0.2) is 36.4 Å². The van der Waals surface area contributed by atoms with E-state index in [1.54, 1.807) is 21.1 Å². The van der Waals surface area contributed by atoms with E-state index in [0.29, 0.717) is 5.88 Å². The van der Waals surface area contributed by atoms with Crippen molar-refractivity contribution in [2.45, 2.75) is 13.0 Å². The number of hydrogen-bond donors (Lipinski definition) is 1. The van der Waals surface area contributed by atoms with Crippen LogP contribution in [-0.2, 0) is 11.8 Å². The third-order valence-corrected chi connectivity index (χ3v) is 3.56. The van der Waals surface area contributed by atoms with Crippen LogP contribution in [0.5, 0.6) is 5.88 Å². The Morgan fingerprint density at radius 1 is 1.29 bits per heavy atom. The van der Waals surface area contributed by atoms with E-state index in [4.69, 9.17) is 4.74 Å². The van der Waals surface area contributed by atoms with Crippen LogP contribution in [0.25, 0.3) is 0 Å². The van der Waals surface area contributed by atoms with Gasteiger partial charge in [-0.15, -0.1) is 0 Å². The van der Waals surface area contributed by atoms with Gasteiger partial charge in [0.1, 0.15) is 0 Å². The molecule has 0 saturated heterocycles. The van der Waals surface area contributed by atoms with Gasteiger partial charge in [0.15, 0.2) is 12.3 Å². The van der Waals surface area contributed by atoms with Crippen molar-refractivity contribution in [3.05, 3.63) is 47.7 Å². The normalized spacial score (nSPS) is 11.7. The summed E-state index contributed by atoms with van der Waals surface area (Å²) in [5, 5.41) is 7.03. The molecule has 24 heavy (non-hydrogen) atoms. The molecule has 0 radical (unpaired) electrons. The zero-order valence-electron chi connectivity index (χ0n) is 14.3. The fraction of sp³-hybridized carbons (Fsp3) is 0.353. The number of carbonyl (C=O) groups is 2. The minimum absolute atomic E-state index is 0.103. The molecule has 1 N–H and O–H groups in total. The van der Waals surface area contributed by atoms with Crippen molar-refractivity contribution in [1.29, 1.82) is 0 Å². The summed E-state index contributed by atoms with van der Waals surface area (Å²) >= 11 is 0. The molecule has 1 aromatic carbocycles. The van der Waals surface area contributed by atoms with Crippen molar-refractivity contribution in [1.82, 2.24) is 20.0 Å². The van der Waals surface area contributed by atoms with Crippen molar-refractivity contribution < 1.29 is 14.3 Å². The predicted octanol–water partition coefficient (Wildman–Crippen LogP) is 1.38. The van der Waals surface area contributed by atoms with Crippen LogP contribution in [0.3, 0.4) is 0 Å². The van der Waals surface area contributed by atoms with Gasteiger partial charge in [-0.1, -0.05) is 30.3 Å². The lowest BCUT2D eigenvalue weighted by Gasteiger charge is -2.12. The minimum Gasteiger partial charge on any atom is -0.468 e. The Morgan fingerprint density at radius 2 is 1.96 bits per heavy atom. The lowest BCUT2D eigenvalue weighted by molar-refractivity contribution is -0.130. The summed E-state index contributed by atoms with van der Waals surface area (Å²) in [6, 6.07) is 11.1. The van der Waals surface area contributed by atoms with Gasteiger partial charge in [-0.05, 0) is 12.5 Å². The Labute approximate surface area is 141 Å². The summed E-state index contributed by atoms with van der Waals surface area (Å²) in [5.74, 6) is -0.0987. The van der Waals surface area contributed by atoms with E-state index in [0.717, 1.165) is 5.56 Å². The van der Waals surface area contributed by atoms with Crippen LogP contribution in [0.1, 0.15) is 29.0 Å². The number of hydrogen-bond acceptors (Lipinski definition) is 4. The summed E-state index contributed by atoms with van der Waals surface area (Å²) in [7, 11) is 4.96. The molecule has 128 valence electrons. The van der Waals surface area contributed by atoms with Gasteiger partial charge < -0.3 is 15.0 Å². The number of amides is 2. The molecular formula is C17H22N4O3. The van der Waals surface area contributed by atoms with Gasteiger partial charge >= 0.3 is 0 Å². The third-order valence-electron chi connectivity index (χ3n) is 3.56. The molecule has 7 heteroatoms. The molecule has 0 saturated carbocycles. The first kappa shape index (κ1) is 17.5. The minimum atomic E-state index is -0.296. The number of rotatable bonds is 6. The molecule has 2 aromatic rings. The fourth-order valence-corrected chi connectivity index (χ4v) is 2.06. The van der Waals surface area contributed by atoms with Crippen molar-refractivity contribution in [3.63, 3.8) is 0 Å². The Bertz CT molecular complexity index is 710. The van der Waals surface area contributed by atoms with Crippen LogP contribution >= 0.6 is 0 Å². The number of ether oxygens (including phenoxy) is 1. The molecule has 1 heterocycles. The average molecular weight is 330 g/mol. The molecule has 0 spiro atoms. The van der Waals surface area contributed by atoms with E-state index >= 15 is 0 Å². The number of carbonyl (C=O) groups excluding carboxylic acids is 2. The highest BCUT2D eigenvalue weighted by Gasteiger charge is 2.17. The van der Waals surface area contributed by atoms with Crippen molar-refractivity contribution >= 4 is 11.8 Å². The average Bonchev–Trinajstić information content (AvgIpc) is 2.94. The van der Waals surface area contributed by atoms with Crippen LogP contribution < -0.4 is 10.1 Å². The highest BCUT2D eigenvalue weighted by Crippen LogP contribution is 2.15. The maximum Gasteiger partial charge on any atom is 0.272 e. The highest BCUT2D eigenvalue weighted by atomic mass is 16.5. The Kier molecular flexibility index (Phi) is 5.57. The summed E-state index contributed by atoms with van der Waals surface area (Å²) in [4.78, 5) is 25.3. The van der Waals surface area contributed by atoms with Crippen LogP contribution in [0, 0.1) is 0 Å². The summed E-state index contributed by atoms with van der Waals surface area (Å²) in [5.41, 5.74) is 1.25. The molecule has 1 atom stereocenters. The lowest BCUT2D eigenvalue weighted by Crippen LogP contribution is -2.27. The smallest absolute Gasteiger partial charge is 0.272 e. The van der Waals surface area contributed by atoms with E-state index in [2.05, 4.69) is 10.4 Å². The van der Waals surface area contributed by atoms with Crippen LogP contribution in [-0.4, -0.2) is 47.2 Å². The molecule has 1 aromatic heterocycles. The highest BCUT2D eigenvalue weighted by molar-refractivity contribution is 5.92. The van der Waals surface area contributed by atoms with E-state index < -0.39 is 0 Å². The summed E-state index contributed by atoms with van der Waals surface area (Å²) in [6.07, 6.45) is 0. The van der Waals surface area contributed by atoms with Crippen LogP contribution in [0.2, 0.25) is 0 Å². The van der Waals surface area contributed by atoms with Crippen molar-refractivity contribution in [3.8, 4) is 5.88 Å². The largest absolute Gasteiger partial charge is 0.468 e. The molecule has 2 rings (SSSR count). The van der Waals surface area contributed by atoms with Gasteiger partial charge in [0.2, 0.25) is 5.88 Å². The van der Waals surface area contributed by atoms with Gasteiger partial charge in [-0.2, -0.15) is 5.10 Å². The number of benzene rings is 1. The van der Waals surface area contributed by atoms with Gasteiger partial charge in [-0.3, -0.25) is 9.59 Å². The first-order chi connectivity index (χ1) is 11.4. The molecule has 0 bridgehead atoms. The van der Waals surface area contributed by atoms with Gasteiger partial charge in [0, 0.05) is 27.2 Å². The van der Waals surface area contributed by atoms with Gasteiger partial charge in [0.05, 0.1) is 6.04 Å². The quantitative estimate of drug-likeness (QED) is 0.868. The Hall–Kier alpha value is -2.83. The Morgan fingerprint density at radius 3 is 2.58 bits per heavy atom. The zero-order valence-corrected chi connectivity index (χ0v) is 14.3. The third kappa shape index (κ3) is 4.34. The van der Waals surface area contributed by atoms with Gasteiger partial charge in [-0.25, -0.2) is 4.68 Å². The first-order valence-corrected chi connectivity index (χ1v) is 7.61. The van der Waals surface area contributed by atoms with Crippen molar-refractivity contribution in [2.75, 3.05) is 20.7 Å². The van der Waals surface area contributed by atoms with E-state index in [1.165, 1.54) is 15.6 Å². The number of nitrogens with one attached hydrogen (secondary N) is 1. The second-order valence-corrected chi connectivity index (χ2v) is 5.67. The zero-order chi connectivity index (χ0) is 17.7. The maximum absolute atomic E-state index is 12.3. The molecular weight excluding hydrogens is 308 g/mol. The topological polar surface area (TPSA) is 76.5 Å². The summed E-state index contributed by atoms with van der Waals surface area (Å²) in [6.45, 7) is 1.80. The molecule has 2 amide bonds. The number of likely N-dealkylation sites (N-methyl/N-ethyl adjacent to an activating group) is 1. The second-order valence-electron chi connectivity index (χ2n) is 5.67. The Balaban J connectivity index is 2.00. The second kappa shape index (κ2) is 7.63. The molecule has 0 unspecified atom stereocenters. The van der Waals surface area contributed by atoms with E-state index in [9.17, 15) is 9.59 Å². The summed E-state index contributed by atoms with van der Waals surface area (Å²) < 4.78 is 6.85. The number of nitrogens with zero attached hydrogens (tertiary/aromatic N) is 3. The van der Waals surface area contributed by atoms with E-state index in [1.807, 2.05) is 37.3 Å². The SMILES string of the molecule is C[C@H](NC(=O)c1cc(OCC(=O)N(C)C)n(C)n1)c1ccccc1. The first-order valence-electron chi connectivity index (χ1n) is 7.61. The molecule has 0 aliphatic rings. The standard InChI is InChI=1S/C17H22N4O3/c1-12(13-8-6-5-7-9-13)18-17(23)14-10-16(21(4)19-14)24-11-15(22)20(2)3/h5-10,12H,11H2,1-4H3,(H,18,23)/t12-/m0/s1. The van der Waals surface area contributed by atoms with E-state index in [-0.39, 0.29) is 30.2 Å².